The molecule has 0 rings (SSSR count). The Labute approximate surface area is 95.4 Å². The Morgan fingerprint density at radius 3 is 1.19 bits per heavy atom. The predicted molar refractivity (Wildman–Crippen MR) is 58.3 cm³/mol. The number of rotatable bonds is 2. The molecule has 0 fully saturated rings. The average molecular weight is 282 g/mol. The molecule has 0 heterocycles. The van der Waals surface area contributed by atoms with Crippen LogP contribution in [0.2, 0.25) is 0 Å². The molecule has 0 bridgehead atoms. The van der Waals surface area contributed by atoms with Gasteiger partial charge in [-0.3, -0.25) is 9.11 Å². The molecule has 0 saturated carbocycles. The van der Waals surface area contributed by atoms with Crippen LogP contribution in [0.5, 0.6) is 0 Å². The van der Waals surface area contributed by atoms with E-state index in [1.54, 1.807) is 0 Å². The SMILES string of the molecule is CCC(O)CO.CS(=O)(=O)O.CS(=O)(=O)O. The highest BCUT2D eigenvalue weighted by atomic mass is 32.2. The lowest BCUT2D eigenvalue weighted by atomic mass is 10.3. The van der Waals surface area contributed by atoms with Gasteiger partial charge < -0.3 is 10.2 Å². The van der Waals surface area contributed by atoms with Gasteiger partial charge in [-0.05, 0) is 6.42 Å². The van der Waals surface area contributed by atoms with E-state index in [1.807, 2.05) is 6.92 Å². The van der Waals surface area contributed by atoms with Crippen molar-refractivity contribution in [2.24, 2.45) is 0 Å². The zero-order valence-corrected chi connectivity index (χ0v) is 10.9. The van der Waals surface area contributed by atoms with Gasteiger partial charge in [-0.1, -0.05) is 6.92 Å². The number of hydrogen-bond donors (Lipinski definition) is 4. The average Bonchev–Trinajstić information content (AvgIpc) is 1.96. The van der Waals surface area contributed by atoms with Gasteiger partial charge in [0, 0.05) is 0 Å². The Bertz CT molecular complexity index is 280. The van der Waals surface area contributed by atoms with Gasteiger partial charge in [0.2, 0.25) is 0 Å². The minimum absolute atomic E-state index is 0.115. The molecule has 102 valence electrons. The Balaban J connectivity index is -0.000000160. The molecule has 0 amide bonds. The highest BCUT2D eigenvalue weighted by Gasteiger charge is 1.92. The van der Waals surface area contributed by atoms with Crippen molar-refractivity contribution in [2.75, 3.05) is 19.1 Å². The van der Waals surface area contributed by atoms with Gasteiger partial charge in [0.1, 0.15) is 0 Å². The van der Waals surface area contributed by atoms with Crippen LogP contribution in [-0.4, -0.2) is 61.4 Å². The summed E-state index contributed by atoms with van der Waals surface area (Å²) in [7, 11) is -7.33. The zero-order valence-electron chi connectivity index (χ0n) is 9.23. The van der Waals surface area contributed by atoms with E-state index in [0.29, 0.717) is 18.9 Å². The monoisotopic (exact) mass is 282 g/mol. The second-order valence-electron chi connectivity index (χ2n) is 2.71. The first kappa shape index (κ1) is 21.1. The maximum absolute atomic E-state index is 9.19. The van der Waals surface area contributed by atoms with Crippen LogP contribution < -0.4 is 0 Å². The minimum atomic E-state index is -3.67. The summed E-state index contributed by atoms with van der Waals surface area (Å²) in [6.07, 6.45) is 1.56. The lowest BCUT2D eigenvalue weighted by Crippen LogP contribution is -2.08. The first-order valence-corrected chi connectivity index (χ1v) is 7.64. The molecule has 16 heavy (non-hydrogen) atoms. The van der Waals surface area contributed by atoms with Crippen molar-refractivity contribution in [2.45, 2.75) is 19.4 Å². The summed E-state index contributed by atoms with van der Waals surface area (Å²) in [5.74, 6) is 0. The lowest BCUT2D eigenvalue weighted by molar-refractivity contribution is 0.0923. The fourth-order valence-corrected chi connectivity index (χ4v) is 0.129. The van der Waals surface area contributed by atoms with Crippen LogP contribution in [0.25, 0.3) is 0 Å². The summed E-state index contributed by atoms with van der Waals surface area (Å²) in [5.41, 5.74) is 0. The molecular formula is C6H18O8S2. The molecule has 1 unspecified atom stereocenters. The van der Waals surface area contributed by atoms with Gasteiger partial charge in [-0.25, -0.2) is 0 Å². The molecule has 8 nitrogen and oxygen atoms in total. The third-order valence-electron chi connectivity index (χ3n) is 0.682. The van der Waals surface area contributed by atoms with Crippen LogP contribution in [0.4, 0.5) is 0 Å². The van der Waals surface area contributed by atoms with E-state index in [1.165, 1.54) is 0 Å². The number of aliphatic hydroxyl groups is 2. The van der Waals surface area contributed by atoms with Crippen LogP contribution in [0, 0.1) is 0 Å². The van der Waals surface area contributed by atoms with E-state index >= 15 is 0 Å². The van der Waals surface area contributed by atoms with Crippen molar-refractivity contribution < 1.29 is 36.2 Å². The maximum Gasteiger partial charge on any atom is 0.261 e. The fourth-order valence-electron chi connectivity index (χ4n) is 0.129. The van der Waals surface area contributed by atoms with Crippen LogP contribution in [-0.2, 0) is 20.2 Å². The summed E-state index contributed by atoms with van der Waals surface area (Å²) in [6, 6.07) is 0. The highest BCUT2D eigenvalue weighted by Crippen LogP contribution is 1.83. The third-order valence-corrected chi connectivity index (χ3v) is 0.682. The molecule has 1 atom stereocenters. The Hall–Kier alpha value is -0.260. The van der Waals surface area contributed by atoms with Gasteiger partial charge in [0.15, 0.2) is 0 Å². The van der Waals surface area contributed by atoms with Crippen molar-refractivity contribution in [1.29, 1.82) is 0 Å². The number of hydrogen-bond acceptors (Lipinski definition) is 6. The van der Waals surface area contributed by atoms with Crippen molar-refractivity contribution in [3.05, 3.63) is 0 Å². The van der Waals surface area contributed by atoms with Gasteiger partial charge >= 0.3 is 0 Å². The Kier molecular flexibility index (Phi) is 13.1. The highest BCUT2D eigenvalue weighted by molar-refractivity contribution is 7.85. The standard InChI is InChI=1S/C4H10O2.2CH4O3S/c1-2-4(6)3-5;2*1-5(2,3)4/h4-6H,2-3H2,1H3;2*1H3,(H,2,3,4). The molecule has 0 spiro atoms. The van der Waals surface area contributed by atoms with E-state index in [0.717, 1.165) is 0 Å². The molecule has 0 aromatic rings. The zero-order chi connectivity index (χ0) is 14.0. The van der Waals surface area contributed by atoms with E-state index < -0.39 is 26.3 Å². The molecule has 0 aliphatic carbocycles. The molecule has 0 aliphatic rings. The topological polar surface area (TPSA) is 149 Å². The number of aliphatic hydroxyl groups excluding tert-OH is 2. The van der Waals surface area contributed by atoms with Crippen molar-refractivity contribution in [3.8, 4) is 0 Å². The molecule has 4 N–H and O–H groups in total. The minimum Gasteiger partial charge on any atom is -0.394 e. The first-order chi connectivity index (χ1) is 6.81. The smallest absolute Gasteiger partial charge is 0.261 e. The molecule has 0 radical (unpaired) electrons. The van der Waals surface area contributed by atoms with Crippen molar-refractivity contribution in [1.82, 2.24) is 0 Å². The molecule has 0 aromatic heterocycles. The summed E-state index contributed by atoms with van der Waals surface area (Å²) in [6.45, 7) is 1.71. The van der Waals surface area contributed by atoms with E-state index in [2.05, 4.69) is 0 Å². The molecule has 0 aliphatic heterocycles. The fraction of sp³-hybridized carbons (Fsp3) is 1.00. The van der Waals surface area contributed by atoms with Crippen LogP contribution in [0.15, 0.2) is 0 Å². The summed E-state index contributed by atoms with van der Waals surface area (Å²) in [5, 5.41) is 16.5. The van der Waals surface area contributed by atoms with Gasteiger partial charge in [0.05, 0.1) is 25.2 Å². The second-order valence-corrected chi connectivity index (χ2v) is 5.64. The van der Waals surface area contributed by atoms with Crippen molar-refractivity contribution in [3.63, 3.8) is 0 Å². The normalized spacial score (nSPS) is 12.7. The van der Waals surface area contributed by atoms with E-state index in [-0.39, 0.29) is 6.61 Å². The van der Waals surface area contributed by atoms with Gasteiger partial charge in [-0.15, -0.1) is 0 Å². The van der Waals surface area contributed by atoms with E-state index in [9.17, 15) is 16.8 Å². The molecular weight excluding hydrogens is 264 g/mol. The Morgan fingerprint density at radius 1 is 1.00 bits per heavy atom. The Morgan fingerprint density at radius 2 is 1.19 bits per heavy atom. The summed E-state index contributed by atoms with van der Waals surface area (Å²) < 4.78 is 51.7. The summed E-state index contributed by atoms with van der Waals surface area (Å²) in [4.78, 5) is 0. The summed E-state index contributed by atoms with van der Waals surface area (Å²) >= 11 is 0. The molecule has 10 heteroatoms. The van der Waals surface area contributed by atoms with Crippen molar-refractivity contribution >= 4 is 20.2 Å². The quantitative estimate of drug-likeness (QED) is 0.459. The van der Waals surface area contributed by atoms with E-state index in [4.69, 9.17) is 19.3 Å². The lowest BCUT2D eigenvalue weighted by Gasteiger charge is -1.97. The van der Waals surface area contributed by atoms with Crippen LogP contribution in [0.1, 0.15) is 13.3 Å². The molecule has 0 saturated heterocycles. The second kappa shape index (κ2) is 9.93. The first-order valence-electron chi connectivity index (χ1n) is 3.95. The predicted octanol–water partition coefficient (Wildman–Crippen LogP) is -1.24. The maximum atomic E-state index is 9.19. The van der Waals surface area contributed by atoms with Crippen LogP contribution in [0.3, 0.4) is 0 Å². The van der Waals surface area contributed by atoms with Gasteiger partial charge in [-0.2, -0.15) is 16.8 Å². The molecule has 0 aromatic carbocycles. The third kappa shape index (κ3) is 159. The van der Waals surface area contributed by atoms with Gasteiger partial charge in [0.25, 0.3) is 20.2 Å². The largest absolute Gasteiger partial charge is 0.394 e. The van der Waals surface area contributed by atoms with Crippen LogP contribution >= 0.6 is 0 Å².